The predicted octanol–water partition coefficient (Wildman–Crippen LogP) is 3.48. The molecule has 124 valence electrons. The first-order chi connectivity index (χ1) is 10.5. The molecule has 0 radical (unpaired) electrons. The summed E-state index contributed by atoms with van der Waals surface area (Å²) in [5.41, 5.74) is 1.19. The maximum atomic E-state index is 12.2. The van der Waals surface area contributed by atoms with Crippen LogP contribution in [0.1, 0.15) is 41.8 Å². The fraction of sp³-hybridized carbons (Fsp3) is 0.750. The summed E-state index contributed by atoms with van der Waals surface area (Å²) in [5, 5.41) is 4.87. The molecule has 1 fully saturated rings. The maximum Gasteiger partial charge on any atom is 0.317 e. The molecule has 22 heavy (non-hydrogen) atoms. The van der Waals surface area contributed by atoms with Crippen molar-refractivity contribution in [3.63, 3.8) is 0 Å². The molecule has 0 aromatic carbocycles. The Morgan fingerprint density at radius 3 is 2.86 bits per heavy atom. The van der Waals surface area contributed by atoms with Crippen LogP contribution in [0.3, 0.4) is 0 Å². The van der Waals surface area contributed by atoms with Crippen LogP contribution in [-0.4, -0.2) is 47.1 Å². The van der Waals surface area contributed by atoms with Gasteiger partial charge < -0.3 is 10.2 Å². The highest BCUT2D eigenvalue weighted by molar-refractivity contribution is 7.99. The van der Waals surface area contributed by atoms with Crippen LogP contribution in [0.15, 0.2) is 0 Å². The van der Waals surface area contributed by atoms with Crippen LogP contribution >= 0.6 is 23.1 Å². The third kappa shape index (κ3) is 4.38. The smallest absolute Gasteiger partial charge is 0.317 e. The molecule has 0 bridgehead atoms. The quantitative estimate of drug-likeness (QED) is 0.861. The largest absolute Gasteiger partial charge is 0.338 e. The van der Waals surface area contributed by atoms with Gasteiger partial charge in [-0.1, -0.05) is 6.92 Å². The summed E-state index contributed by atoms with van der Waals surface area (Å²) in [6.07, 6.45) is 7.44. The molecule has 2 atom stereocenters. The van der Waals surface area contributed by atoms with Gasteiger partial charge in [0.25, 0.3) is 0 Å². The number of nitrogens with zero attached hydrogens (tertiary/aromatic N) is 2. The van der Waals surface area contributed by atoms with E-state index in [1.165, 1.54) is 17.0 Å². The molecule has 1 aromatic rings. The first kappa shape index (κ1) is 17.6. The van der Waals surface area contributed by atoms with Gasteiger partial charge in [0.05, 0.1) is 10.7 Å². The van der Waals surface area contributed by atoms with Crippen LogP contribution in [0.2, 0.25) is 0 Å². The van der Waals surface area contributed by atoms with Gasteiger partial charge in [0.1, 0.15) is 0 Å². The summed E-state index contributed by atoms with van der Waals surface area (Å²) in [6, 6.07) is 0.446. The number of carbonyl (C=O) groups excluding carboxylic acids is 1. The molecule has 1 aromatic heterocycles. The molecule has 1 N–H and O–H groups in total. The lowest BCUT2D eigenvalue weighted by Crippen LogP contribution is -2.43. The first-order valence-corrected chi connectivity index (χ1v) is 10.1. The highest BCUT2D eigenvalue weighted by Crippen LogP contribution is 2.30. The Bertz CT molecular complexity index is 504. The van der Waals surface area contributed by atoms with Gasteiger partial charge in [-0.25, -0.2) is 9.78 Å². The van der Waals surface area contributed by atoms with E-state index >= 15 is 0 Å². The molecular weight excluding hydrogens is 314 g/mol. The van der Waals surface area contributed by atoms with Crippen molar-refractivity contribution < 1.29 is 4.79 Å². The molecule has 2 amide bonds. The van der Waals surface area contributed by atoms with Gasteiger partial charge in [0.15, 0.2) is 0 Å². The van der Waals surface area contributed by atoms with E-state index in [0.717, 1.165) is 30.7 Å². The van der Waals surface area contributed by atoms with Crippen molar-refractivity contribution in [3.05, 3.63) is 15.6 Å². The monoisotopic (exact) mass is 341 g/mol. The Morgan fingerprint density at radius 1 is 1.50 bits per heavy atom. The van der Waals surface area contributed by atoms with Crippen molar-refractivity contribution in [2.24, 2.45) is 0 Å². The summed E-state index contributed by atoms with van der Waals surface area (Å²) < 4.78 is 0. The zero-order valence-electron chi connectivity index (χ0n) is 14.0. The molecule has 4 nitrogen and oxygen atoms in total. The number of carbonyl (C=O) groups is 1. The molecule has 2 rings (SSSR count). The van der Waals surface area contributed by atoms with Crippen molar-refractivity contribution in [2.45, 2.75) is 57.2 Å². The number of aryl methyl sites for hydroxylation is 2. The standard InChI is InChI=1S/C16H27N3OS2/c1-5-14-11(2)22-15(18-14)8-9-17-16(20)19(3)12-6-7-13(10-12)21-4/h12-13H,5-10H2,1-4H3,(H,17,20)/t12-,13-/m0/s1. The first-order valence-electron chi connectivity index (χ1n) is 8.03. The van der Waals surface area contributed by atoms with E-state index in [1.807, 2.05) is 23.7 Å². The SMILES string of the molecule is CCc1nc(CCNC(=O)N(C)[C@H]2CC[C@H](SC)C2)sc1C. The van der Waals surface area contributed by atoms with E-state index in [0.29, 0.717) is 17.8 Å². The summed E-state index contributed by atoms with van der Waals surface area (Å²) in [4.78, 5) is 20.0. The summed E-state index contributed by atoms with van der Waals surface area (Å²) in [7, 11) is 1.92. The minimum atomic E-state index is 0.0516. The van der Waals surface area contributed by atoms with Gasteiger partial charge in [0, 0.05) is 36.2 Å². The van der Waals surface area contributed by atoms with E-state index in [9.17, 15) is 4.79 Å². The summed E-state index contributed by atoms with van der Waals surface area (Å²) in [5.74, 6) is 0. The second-order valence-corrected chi connectivity index (χ2v) is 8.31. The second kappa shape index (κ2) is 8.20. The molecule has 0 spiro atoms. The van der Waals surface area contributed by atoms with Crippen LogP contribution in [0, 0.1) is 6.92 Å². The van der Waals surface area contributed by atoms with Crippen LogP contribution in [0.5, 0.6) is 0 Å². The normalized spacial score (nSPS) is 21.1. The van der Waals surface area contributed by atoms with E-state index in [-0.39, 0.29) is 6.03 Å². The van der Waals surface area contributed by atoms with Gasteiger partial charge in [0.2, 0.25) is 0 Å². The zero-order chi connectivity index (χ0) is 16.1. The number of thiazole rings is 1. The average Bonchev–Trinajstić information content (AvgIpc) is 3.12. The number of thioether (sulfide) groups is 1. The Kier molecular flexibility index (Phi) is 6.56. The number of rotatable bonds is 6. The lowest BCUT2D eigenvalue weighted by atomic mass is 10.2. The molecule has 1 aliphatic carbocycles. The molecule has 6 heteroatoms. The number of urea groups is 1. The number of amides is 2. The van der Waals surface area contributed by atoms with Gasteiger partial charge in [-0.15, -0.1) is 11.3 Å². The lowest BCUT2D eigenvalue weighted by Gasteiger charge is -2.24. The van der Waals surface area contributed by atoms with Crippen molar-refractivity contribution >= 4 is 29.1 Å². The molecule has 1 saturated carbocycles. The minimum Gasteiger partial charge on any atom is -0.338 e. The van der Waals surface area contributed by atoms with Gasteiger partial charge >= 0.3 is 6.03 Å². The Morgan fingerprint density at radius 2 is 2.27 bits per heavy atom. The fourth-order valence-electron chi connectivity index (χ4n) is 2.97. The topological polar surface area (TPSA) is 45.2 Å². The molecule has 1 heterocycles. The van der Waals surface area contributed by atoms with E-state index in [2.05, 4.69) is 30.4 Å². The highest BCUT2D eigenvalue weighted by Gasteiger charge is 2.29. The van der Waals surface area contributed by atoms with Crippen molar-refractivity contribution in [1.29, 1.82) is 0 Å². The van der Waals surface area contributed by atoms with Crippen LogP contribution in [0.25, 0.3) is 0 Å². The fourth-order valence-corrected chi connectivity index (χ4v) is 4.78. The van der Waals surface area contributed by atoms with Gasteiger partial charge in [-0.3, -0.25) is 0 Å². The molecule has 0 unspecified atom stereocenters. The number of hydrogen-bond donors (Lipinski definition) is 1. The van der Waals surface area contributed by atoms with Crippen molar-refractivity contribution in [3.8, 4) is 0 Å². The Hall–Kier alpha value is -0.750. The number of nitrogens with one attached hydrogen (secondary N) is 1. The van der Waals surface area contributed by atoms with Crippen LogP contribution < -0.4 is 5.32 Å². The lowest BCUT2D eigenvalue weighted by molar-refractivity contribution is 0.191. The maximum absolute atomic E-state index is 12.2. The third-order valence-corrected chi connectivity index (χ3v) is 6.61. The predicted molar refractivity (Wildman–Crippen MR) is 96.0 cm³/mol. The van der Waals surface area contributed by atoms with Crippen LogP contribution in [0.4, 0.5) is 4.79 Å². The molecule has 0 saturated heterocycles. The number of hydrogen-bond acceptors (Lipinski definition) is 4. The third-order valence-electron chi connectivity index (χ3n) is 4.45. The van der Waals surface area contributed by atoms with Gasteiger partial charge in [-0.2, -0.15) is 11.8 Å². The van der Waals surface area contributed by atoms with Gasteiger partial charge in [-0.05, 0) is 38.9 Å². The zero-order valence-corrected chi connectivity index (χ0v) is 15.6. The second-order valence-electron chi connectivity index (χ2n) is 5.88. The minimum absolute atomic E-state index is 0.0516. The highest BCUT2D eigenvalue weighted by atomic mass is 32.2. The number of aromatic nitrogens is 1. The van der Waals surface area contributed by atoms with E-state index in [1.54, 1.807) is 11.3 Å². The Labute approximate surface area is 142 Å². The summed E-state index contributed by atoms with van der Waals surface area (Å²) in [6.45, 7) is 4.92. The van der Waals surface area contributed by atoms with E-state index in [4.69, 9.17) is 0 Å². The molecular formula is C16H27N3OS2. The van der Waals surface area contributed by atoms with Crippen LogP contribution in [-0.2, 0) is 12.8 Å². The van der Waals surface area contributed by atoms with Crippen molar-refractivity contribution in [2.75, 3.05) is 19.8 Å². The van der Waals surface area contributed by atoms with E-state index < -0.39 is 0 Å². The molecule has 0 aliphatic heterocycles. The summed E-state index contributed by atoms with van der Waals surface area (Å²) >= 11 is 3.67. The Balaban J connectivity index is 1.75. The van der Waals surface area contributed by atoms with Crippen molar-refractivity contribution in [1.82, 2.24) is 15.2 Å². The average molecular weight is 342 g/mol. The molecule has 1 aliphatic rings.